The van der Waals surface area contributed by atoms with Gasteiger partial charge in [0.1, 0.15) is 13.2 Å². The Labute approximate surface area is 306 Å². The van der Waals surface area contributed by atoms with E-state index >= 15 is 0 Å². The molecule has 0 N–H and O–H groups in total. The molecule has 0 saturated heterocycles. The lowest BCUT2D eigenvalue weighted by Gasteiger charge is -2.18. The minimum atomic E-state index is -0.811. The predicted octanol–water partition coefficient (Wildman–Crippen LogP) is 12.4. The molecular formula is C44H72O6. The molecule has 0 aliphatic carbocycles. The van der Waals surface area contributed by atoms with Crippen molar-refractivity contribution in [2.75, 3.05) is 13.2 Å². The molecular weight excluding hydrogens is 624 g/mol. The fraction of sp³-hybridized carbons (Fsp3) is 0.659. The Hall–Kier alpha value is -3.15. The third-order valence-electron chi connectivity index (χ3n) is 7.96. The van der Waals surface area contributed by atoms with Gasteiger partial charge >= 0.3 is 17.9 Å². The number of esters is 3. The average molecular weight is 697 g/mol. The van der Waals surface area contributed by atoms with Crippen molar-refractivity contribution < 1.29 is 28.6 Å². The normalized spacial score (nSPS) is 12.8. The molecule has 0 rings (SSSR count). The monoisotopic (exact) mass is 697 g/mol. The predicted molar refractivity (Wildman–Crippen MR) is 210 cm³/mol. The van der Waals surface area contributed by atoms with Crippen LogP contribution >= 0.6 is 0 Å². The molecule has 0 aromatic heterocycles. The number of hydrogen-bond donors (Lipinski definition) is 0. The van der Waals surface area contributed by atoms with Gasteiger partial charge in [0.25, 0.3) is 0 Å². The third kappa shape index (κ3) is 36.1. The molecule has 0 aromatic rings. The molecule has 6 nitrogen and oxygen atoms in total. The van der Waals surface area contributed by atoms with Crippen LogP contribution in [0.25, 0.3) is 0 Å². The summed E-state index contributed by atoms with van der Waals surface area (Å²) in [6, 6.07) is 0. The van der Waals surface area contributed by atoms with Crippen LogP contribution in [-0.4, -0.2) is 37.2 Å². The molecule has 0 radical (unpaired) electrons. The highest BCUT2D eigenvalue weighted by Crippen LogP contribution is 2.12. The molecule has 284 valence electrons. The van der Waals surface area contributed by atoms with E-state index in [1.165, 1.54) is 38.5 Å². The molecule has 0 amide bonds. The number of ether oxygens (including phenoxy) is 3. The summed E-state index contributed by atoms with van der Waals surface area (Å²) < 4.78 is 16.5. The fourth-order valence-electron chi connectivity index (χ4n) is 5.01. The summed E-state index contributed by atoms with van der Waals surface area (Å²) in [7, 11) is 0. The lowest BCUT2D eigenvalue weighted by atomic mass is 10.1. The van der Waals surface area contributed by atoms with E-state index in [1.54, 1.807) is 0 Å². The Morgan fingerprint density at radius 3 is 1.28 bits per heavy atom. The van der Waals surface area contributed by atoms with Gasteiger partial charge in [0.15, 0.2) is 6.10 Å². The first kappa shape index (κ1) is 46.9. The summed E-state index contributed by atoms with van der Waals surface area (Å²) in [5.74, 6) is -1.02. The molecule has 0 aromatic carbocycles. The molecule has 1 atom stereocenters. The highest BCUT2D eigenvalue weighted by molar-refractivity contribution is 5.71. The Morgan fingerprint density at radius 2 is 0.800 bits per heavy atom. The number of rotatable bonds is 34. The second-order valence-electron chi connectivity index (χ2n) is 12.8. The molecule has 6 heteroatoms. The summed E-state index contributed by atoms with van der Waals surface area (Å²) >= 11 is 0. The van der Waals surface area contributed by atoms with Crippen LogP contribution in [-0.2, 0) is 28.6 Å². The number of carbonyl (C=O) groups is 3. The first-order valence-corrected chi connectivity index (χ1v) is 19.9. The van der Waals surface area contributed by atoms with Gasteiger partial charge in [-0.05, 0) is 77.0 Å². The Balaban J connectivity index is 4.53. The second-order valence-corrected chi connectivity index (χ2v) is 12.8. The quantitative estimate of drug-likeness (QED) is 0.0288. The molecule has 0 heterocycles. The van der Waals surface area contributed by atoms with Crippen LogP contribution in [0.15, 0.2) is 72.9 Å². The molecule has 0 aliphatic rings. The Kier molecular flexibility index (Phi) is 36.2. The van der Waals surface area contributed by atoms with Crippen LogP contribution in [0, 0.1) is 0 Å². The van der Waals surface area contributed by atoms with Crippen molar-refractivity contribution in [3.05, 3.63) is 72.9 Å². The maximum absolute atomic E-state index is 12.6. The van der Waals surface area contributed by atoms with Gasteiger partial charge in [0, 0.05) is 19.3 Å². The zero-order valence-electron chi connectivity index (χ0n) is 32.1. The van der Waals surface area contributed by atoms with Gasteiger partial charge < -0.3 is 14.2 Å². The minimum absolute atomic E-state index is 0.108. The van der Waals surface area contributed by atoms with Crippen LogP contribution < -0.4 is 0 Å². The van der Waals surface area contributed by atoms with Gasteiger partial charge in [-0.1, -0.05) is 145 Å². The first-order valence-electron chi connectivity index (χ1n) is 19.9. The summed E-state index contributed by atoms with van der Waals surface area (Å²) in [5, 5.41) is 0. The number of unbranched alkanes of at least 4 members (excludes halogenated alkanes) is 11. The highest BCUT2D eigenvalue weighted by Gasteiger charge is 2.19. The second kappa shape index (κ2) is 38.6. The van der Waals surface area contributed by atoms with E-state index < -0.39 is 6.10 Å². The lowest BCUT2D eigenvalue weighted by Crippen LogP contribution is -2.30. The van der Waals surface area contributed by atoms with Crippen molar-refractivity contribution in [1.29, 1.82) is 0 Å². The summed E-state index contributed by atoms with van der Waals surface area (Å²) in [4.78, 5) is 37.4. The number of carbonyl (C=O) groups excluding carboxylic acids is 3. The van der Waals surface area contributed by atoms with Gasteiger partial charge in [0.2, 0.25) is 0 Å². The average Bonchev–Trinajstić information content (AvgIpc) is 3.11. The van der Waals surface area contributed by atoms with E-state index in [2.05, 4.69) is 93.7 Å². The minimum Gasteiger partial charge on any atom is -0.462 e. The van der Waals surface area contributed by atoms with Gasteiger partial charge in [-0.2, -0.15) is 0 Å². The summed E-state index contributed by atoms with van der Waals surface area (Å²) in [6.07, 6.45) is 46.2. The largest absolute Gasteiger partial charge is 0.462 e. The van der Waals surface area contributed by atoms with E-state index in [9.17, 15) is 14.4 Å². The molecule has 0 bridgehead atoms. The SMILES string of the molecule is CC/C=C\C/C=C\C/C=C\CCCCC(=O)OCC(COC(=O)CCCCCCCCCCC)OC(=O)CCC/C=C\C/C=C\C/C=C\CC. The molecule has 0 saturated carbocycles. The fourth-order valence-corrected chi connectivity index (χ4v) is 5.01. The maximum Gasteiger partial charge on any atom is 0.306 e. The van der Waals surface area contributed by atoms with E-state index in [1.807, 2.05) is 0 Å². The van der Waals surface area contributed by atoms with E-state index in [4.69, 9.17) is 14.2 Å². The van der Waals surface area contributed by atoms with Gasteiger partial charge in [0.05, 0.1) is 0 Å². The van der Waals surface area contributed by atoms with Crippen molar-refractivity contribution in [1.82, 2.24) is 0 Å². The van der Waals surface area contributed by atoms with Crippen molar-refractivity contribution in [2.45, 2.75) is 175 Å². The standard InChI is InChI=1S/C44H72O6/c1-4-7-10-13-16-19-21-23-25-28-31-34-37-43(46)49-40-41(39-48-42(45)36-33-30-27-24-18-15-12-9-6-3)50-44(47)38-35-32-29-26-22-20-17-14-11-8-5-2/h7-8,10-11,16-17,19-20,23,25-26,29,41H,4-6,9,12-15,18,21-22,24,27-28,30-40H2,1-3H3/b10-7-,11-8-,19-16-,20-17-,25-23-,29-26-. The molecule has 1 unspecified atom stereocenters. The third-order valence-corrected chi connectivity index (χ3v) is 7.96. The van der Waals surface area contributed by atoms with Crippen LogP contribution in [0.1, 0.15) is 168 Å². The first-order chi connectivity index (χ1) is 24.5. The van der Waals surface area contributed by atoms with Crippen molar-refractivity contribution in [3.63, 3.8) is 0 Å². The highest BCUT2D eigenvalue weighted by atomic mass is 16.6. The van der Waals surface area contributed by atoms with Crippen LogP contribution in [0.2, 0.25) is 0 Å². The number of hydrogen-bond acceptors (Lipinski definition) is 6. The molecule has 50 heavy (non-hydrogen) atoms. The van der Waals surface area contributed by atoms with E-state index in [0.717, 1.165) is 83.5 Å². The maximum atomic E-state index is 12.6. The van der Waals surface area contributed by atoms with Gasteiger partial charge in [-0.3, -0.25) is 14.4 Å². The lowest BCUT2D eigenvalue weighted by molar-refractivity contribution is -0.167. The number of allylic oxidation sites excluding steroid dienone is 12. The Bertz CT molecular complexity index is 986. The van der Waals surface area contributed by atoms with E-state index in [0.29, 0.717) is 19.3 Å². The topological polar surface area (TPSA) is 78.9 Å². The molecule has 0 fully saturated rings. The van der Waals surface area contributed by atoms with Crippen LogP contribution in [0.3, 0.4) is 0 Å². The van der Waals surface area contributed by atoms with Crippen molar-refractivity contribution >= 4 is 17.9 Å². The molecule has 0 aliphatic heterocycles. The summed E-state index contributed by atoms with van der Waals surface area (Å²) in [5.41, 5.74) is 0. The van der Waals surface area contributed by atoms with Crippen LogP contribution in [0.4, 0.5) is 0 Å². The molecule has 0 spiro atoms. The van der Waals surface area contributed by atoms with Gasteiger partial charge in [-0.25, -0.2) is 0 Å². The van der Waals surface area contributed by atoms with Crippen molar-refractivity contribution in [3.8, 4) is 0 Å². The van der Waals surface area contributed by atoms with E-state index in [-0.39, 0.29) is 37.5 Å². The summed E-state index contributed by atoms with van der Waals surface area (Å²) in [6.45, 7) is 6.26. The smallest absolute Gasteiger partial charge is 0.306 e. The van der Waals surface area contributed by atoms with Crippen molar-refractivity contribution in [2.24, 2.45) is 0 Å². The zero-order valence-corrected chi connectivity index (χ0v) is 32.1. The van der Waals surface area contributed by atoms with Crippen LogP contribution in [0.5, 0.6) is 0 Å². The zero-order chi connectivity index (χ0) is 36.6. The van der Waals surface area contributed by atoms with Gasteiger partial charge in [-0.15, -0.1) is 0 Å². The Morgan fingerprint density at radius 1 is 0.420 bits per heavy atom.